The highest BCUT2D eigenvalue weighted by Crippen LogP contribution is 2.41. The maximum absolute atomic E-state index is 13.7. The number of Topliss-reactive ketones (excluding diaryl/α,β-unsaturated/α-hetero) is 2. The van der Waals surface area contributed by atoms with E-state index in [-0.39, 0.29) is 56.8 Å². The van der Waals surface area contributed by atoms with Crippen LogP contribution in [-0.4, -0.2) is 47.3 Å². The molecule has 366 valence electrons. The maximum Gasteiger partial charge on any atom is 0.419 e. The molecule has 5 rings (SSSR count). The van der Waals surface area contributed by atoms with Crippen LogP contribution in [0, 0.1) is 0 Å². The van der Waals surface area contributed by atoms with Crippen molar-refractivity contribution in [1.29, 1.82) is 0 Å². The van der Waals surface area contributed by atoms with E-state index >= 15 is 0 Å². The molecule has 0 saturated carbocycles. The van der Waals surface area contributed by atoms with Crippen molar-refractivity contribution in [2.45, 2.75) is 65.0 Å². The molecule has 0 heterocycles. The molecule has 4 N–H and O–H groups in total. The van der Waals surface area contributed by atoms with Crippen molar-refractivity contribution in [2.24, 2.45) is 20.5 Å². The number of azo groups is 2. The lowest BCUT2D eigenvalue weighted by atomic mass is 10.0. The van der Waals surface area contributed by atoms with Crippen molar-refractivity contribution in [3.8, 4) is 0 Å². The molecule has 5 aromatic carbocycles. The summed E-state index contributed by atoms with van der Waals surface area (Å²) in [6, 6.07) is 13.0. The Bertz CT molecular complexity index is 2770. The van der Waals surface area contributed by atoms with Crippen LogP contribution in [0.5, 0.6) is 0 Å². The average Bonchev–Trinajstić information content (AvgIpc) is 3.26. The first-order valence-electron chi connectivity index (χ1n) is 20.4. The minimum absolute atomic E-state index is 0.0877. The van der Waals surface area contributed by atoms with E-state index in [9.17, 15) is 55.1 Å². The molecular formula is C46H36Cl4F6N8O6. The molecule has 70 heavy (non-hydrogen) atoms. The molecule has 4 amide bonds. The van der Waals surface area contributed by atoms with Crippen LogP contribution in [0.25, 0.3) is 0 Å². The van der Waals surface area contributed by atoms with Crippen molar-refractivity contribution in [1.82, 2.24) is 0 Å². The number of hydrogen-bond acceptors (Lipinski definition) is 10. The Kier molecular flexibility index (Phi) is 17.6. The van der Waals surface area contributed by atoms with E-state index in [0.717, 1.165) is 50.2 Å². The number of amides is 4. The van der Waals surface area contributed by atoms with E-state index in [4.69, 9.17) is 46.4 Å². The van der Waals surface area contributed by atoms with Crippen LogP contribution in [0.15, 0.2) is 105 Å². The topological polar surface area (TPSA) is 200 Å². The predicted molar refractivity (Wildman–Crippen MR) is 252 cm³/mol. The number of rotatable bonds is 16. The first-order valence-corrected chi connectivity index (χ1v) is 21.9. The van der Waals surface area contributed by atoms with Crippen LogP contribution in [0.1, 0.15) is 70.7 Å². The lowest BCUT2D eigenvalue weighted by Crippen LogP contribution is -2.33. The van der Waals surface area contributed by atoms with Crippen molar-refractivity contribution >= 4 is 116 Å². The summed E-state index contributed by atoms with van der Waals surface area (Å²) < 4.78 is 82.1. The molecule has 0 aliphatic heterocycles. The molecule has 24 heteroatoms. The second kappa shape index (κ2) is 22.8. The molecule has 0 aromatic heterocycles. The molecule has 0 aliphatic rings. The summed E-state index contributed by atoms with van der Waals surface area (Å²) in [4.78, 5) is 78.7. The van der Waals surface area contributed by atoms with Gasteiger partial charge in [0.25, 0.3) is 23.6 Å². The molecule has 0 radical (unpaired) electrons. The second-order valence-electron chi connectivity index (χ2n) is 14.9. The highest BCUT2D eigenvalue weighted by atomic mass is 35.5. The van der Waals surface area contributed by atoms with Gasteiger partial charge in [0.15, 0.2) is 11.6 Å². The van der Waals surface area contributed by atoms with Gasteiger partial charge in [-0.1, -0.05) is 72.4 Å². The number of benzene rings is 5. The number of halogens is 10. The van der Waals surface area contributed by atoms with Crippen molar-refractivity contribution < 1.29 is 55.1 Å². The Labute approximate surface area is 414 Å². The second-order valence-corrected chi connectivity index (χ2v) is 16.5. The standard InChI is InChI=1S/C46H36Cl4F6N8O6/c1-5-23-17-34(60-44(70)40(22(4)66)64-62-36-20-26(14-16-28(36)48)42(68)58-32-12-8-10-30(50)38(32)46(54,55)56)24(6-2)18-33(23)59-43(69)39(21(3)65)63-61-35-19-25(13-15-27(35)47)41(67)57-31-11-7-9-29(49)37(31)45(51,52)53/h7-20,39-40H,5-6H2,1-4H3,(H,57,67)(H,58,68)(H,59,69)(H,60,70). The van der Waals surface area contributed by atoms with Crippen LogP contribution in [0.4, 0.5) is 60.5 Å². The fourth-order valence-electron chi connectivity index (χ4n) is 6.47. The van der Waals surface area contributed by atoms with Crippen LogP contribution in [0.2, 0.25) is 20.1 Å². The van der Waals surface area contributed by atoms with Gasteiger partial charge in [-0.25, -0.2) is 0 Å². The first-order chi connectivity index (χ1) is 32.8. The number of nitrogens with zero attached hydrogens (tertiary/aromatic N) is 4. The SMILES string of the molecule is CCc1cc(NC(=O)C(N=Nc2cc(C(=O)Nc3cccc(Cl)c3C(F)(F)F)ccc2Cl)C(C)=O)c(CC)cc1NC(=O)C(N=Nc1cc(C(=O)Nc2cccc(Cl)c2C(F)(F)F)ccc1Cl)C(C)=O. The van der Waals surface area contributed by atoms with Gasteiger partial charge in [-0.15, -0.1) is 0 Å². The van der Waals surface area contributed by atoms with Gasteiger partial charge in [0.1, 0.15) is 11.4 Å². The number of carbonyl (C=O) groups excluding carboxylic acids is 6. The Balaban J connectivity index is 1.33. The smallest absolute Gasteiger partial charge is 0.323 e. The molecule has 0 spiro atoms. The number of alkyl halides is 6. The highest BCUT2D eigenvalue weighted by molar-refractivity contribution is 6.34. The van der Waals surface area contributed by atoms with Gasteiger partial charge >= 0.3 is 12.4 Å². The molecule has 2 unspecified atom stereocenters. The van der Waals surface area contributed by atoms with E-state index in [1.807, 2.05) is 0 Å². The van der Waals surface area contributed by atoms with Gasteiger partial charge in [0, 0.05) is 22.5 Å². The Morgan fingerprint density at radius 3 is 1.17 bits per heavy atom. The maximum atomic E-state index is 13.7. The number of ketones is 2. The average molecular weight is 1050 g/mol. The highest BCUT2D eigenvalue weighted by Gasteiger charge is 2.38. The van der Waals surface area contributed by atoms with Crippen molar-refractivity contribution in [3.05, 3.63) is 138 Å². The Morgan fingerprint density at radius 2 is 0.857 bits per heavy atom. The molecular weight excluding hydrogens is 1020 g/mol. The van der Waals surface area contributed by atoms with Crippen LogP contribution in [-0.2, 0) is 44.4 Å². The van der Waals surface area contributed by atoms with Gasteiger partial charge < -0.3 is 21.3 Å². The van der Waals surface area contributed by atoms with E-state index < -0.39 is 92.2 Å². The normalized spacial score (nSPS) is 12.7. The van der Waals surface area contributed by atoms with Gasteiger partial charge in [0.2, 0.25) is 12.1 Å². The fourth-order valence-corrected chi connectivity index (χ4v) is 7.34. The summed E-state index contributed by atoms with van der Waals surface area (Å²) >= 11 is 24.1. The summed E-state index contributed by atoms with van der Waals surface area (Å²) in [7, 11) is 0. The van der Waals surface area contributed by atoms with E-state index in [0.29, 0.717) is 11.1 Å². The van der Waals surface area contributed by atoms with Gasteiger partial charge in [-0.3, -0.25) is 28.8 Å². The molecule has 0 fully saturated rings. The van der Waals surface area contributed by atoms with Crippen LogP contribution < -0.4 is 21.3 Å². The molecule has 2 atom stereocenters. The lowest BCUT2D eigenvalue weighted by Gasteiger charge is -2.18. The first kappa shape index (κ1) is 54.2. The van der Waals surface area contributed by atoms with Crippen LogP contribution in [0.3, 0.4) is 0 Å². The quantitative estimate of drug-likeness (QED) is 0.0430. The monoisotopic (exact) mass is 1050 g/mol. The fraction of sp³-hybridized carbons (Fsp3) is 0.217. The summed E-state index contributed by atoms with van der Waals surface area (Å²) in [5.74, 6) is -5.40. The van der Waals surface area contributed by atoms with Crippen molar-refractivity contribution in [3.63, 3.8) is 0 Å². The minimum Gasteiger partial charge on any atom is -0.323 e. The van der Waals surface area contributed by atoms with Crippen LogP contribution >= 0.6 is 46.4 Å². The van der Waals surface area contributed by atoms with E-state index in [1.54, 1.807) is 13.8 Å². The number of anilines is 4. The van der Waals surface area contributed by atoms with E-state index in [1.165, 1.54) is 48.5 Å². The number of aryl methyl sites for hydroxylation is 2. The third-order valence-corrected chi connectivity index (χ3v) is 11.2. The van der Waals surface area contributed by atoms with Crippen molar-refractivity contribution in [2.75, 3.05) is 21.3 Å². The summed E-state index contributed by atoms with van der Waals surface area (Å²) in [6.45, 7) is 5.58. The number of hydrogen-bond donors (Lipinski definition) is 4. The number of carbonyl (C=O) groups is 6. The minimum atomic E-state index is -4.90. The zero-order valence-corrected chi connectivity index (χ0v) is 39.7. The van der Waals surface area contributed by atoms with E-state index in [2.05, 4.69) is 41.7 Å². The van der Waals surface area contributed by atoms with Gasteiger partial charge in [-0.05, 0) is 111 Å². The largest absolute Gasteiger partial charge is 0.419 e. The summed E-state index contributed by atoms with van der Waals surface area (Å²) in [5, 5.41) is 23.7. The number of nitrogens with one attached hydrogen (secondary N) is 4. The summed E-state index contributed by atoms with van der Waals surface area (Å²) in [6.07, 6.45) is -9.28. The molecule has 0 bridgehead atoms. The molecule has 14 nitrogen and oxygen atoms in total. The van der Waals surface area contributed by atoms with Gasteiger partial charge in [-0.2, -0.15) is 46.8 Å². The zero-order chi connectivity index (χ0) is 51.8. The third kappa shape index (κ3) is 13.3. The molecule has 0 saturated heterocycles. The third-order valence-electron chi connectivity index (χ3n) is 9.94. The summed E-state index contributed by atoms with van der Waals surface area (Å²) in [5.41, 5.74) is -3.27. The predicted octanol–water partition coefficient (Wildman–Crippen LogP) is 13.3. The zero-order valence-electron chi connectivity index (χ0n) is 36.7. The van der Waals surface area contributed by atoms with Gasteiger partial charge in [0.05, 0.1) is 42.6 Å². The Morgan fingerprint density at radius 1 is 0.500 bits per heavy atom. The Hall–Kier alpha value is -6.74. The lowest BCUT2D eigenvalue weighted by molar-refractivity contribution is -0.137. The molecule has 0 aliphatic carbocycles. The molecule has 5 aromatic rings.